The number of Topliss-reactive ketones (excluding diaryl/α,β-unsaturated/α-hetero) is 1. The van der Waals surface area contributed by atoms with E-state index in [2.05, 4.69) is 22.9 Å². The molecule has 2 aromatic carbocycles. The Kier molecular flexibility index (Phi) is 7.24. The van der Waals surface area contributed by atoms with Crippen molar-refractivity contribution in [3.8, 4) is 5.75 Å². The molecule has 6 atom stereocenters. The van der Waals surface area contributed by atoms with E-state index in [0.717, 1.165) is 61.7 Å². The molecule has 2 aliphatic carbocycles. The summed E-state index contributed by atoms with van der Waals surface area (Å²) < 4.78 is 26.3. The van der Waals surface area contributed by atoms with Crippen molar-refractivity contribution in [3.63, 3.8) is 0 Å². The van der Waals surface area contributed by atoms with Crippen molar-refractivity contribution in [2.24, 2.45) is 11.8 Å². The van der Waals surface area contributed by atoms with Gasteiger partial charge in [-0.2, -0.15) is 0 Å². The lowest BCUT2D eigenvalue weighted by Gasteiger charge is -2.48. The number of aryl methyl sites for hydroxylation is 1. The first-order valence-corrected chi connectivity index (χ1v) is 17.7. The van der Waals surface area contributed by atoms with E-state index in [4.69, 9.17) is 21.1 Å². The molecule has 3 aliphatic heterocycles. The lowest BCUT2D eigenvalue weighted by molar-refractivity contribution is -0.125. The molecule has 2 fully saturated rings. The molecule has 1 spiro atoms. The topological polar surface area (TPSA) is 76.1 Å². The van der Waals surface area contributed by atoms with Crippen LogP contribution < -0.4 is 9.64 Å². The van der Waals surface area contributed by atoms with Gasteiger partial charge in [0.2, 0.25) is 0 Å². The molecule has 8 heteroatoms. The van der Waals surface area contributed by atoms with E-state index in [1.165, 1.54) is 11.1 Å². The first kappa shape index (κ1) is 28.5. The van der Waals surface area contributed by atoms with E-state index >= 15 is 0 Å². The van der Waals surface area contributed by atoms with Gasteiger partial charge in [0.1, 0.15) is 5.75 Å². The van der Waals surface area contributed by atoms with Gasteiger partial charge in [-0.15, -0.1) is 0 Å². The quantitative estimate of drug-likeness (QED) is 0.326. The first-order valence-electron chi connectivity index (χ1n) is 15.3. The zero-order valence-corrected chi connectivity index (χ0v) is 25.6. The van der Waals surface area contributed by atoms with Crippen molar-refractivity contribution >= 4 is 38.5 Å². The maximum Gasteiger partial charge on any atom is 0.174 e. The average molecular weight is 610 g/mol. The van der Waals surface area contributed by atoms with E-state index in [9.17, 15) is 14.1 Å². The second-order valence-corrected chi connectivity index (χ2v) is 16.3. The molecule has 42 heavy (non-hydrogen) atoms. The van der Waals surface area contributed by atoms with Crippen LogP contribution in [0.1, 0.15) is 60.0 Å². The Labute approximate surface area is 254 Å². The zero-order chi connectivity index (χ0) is 29.1. The number of hydrogen-bond acceptors (Lipinski definition) is 6. The molecule has 1 saturated heterocycles. The highest BCUT2D eigenvalue weighted by Gasteiger charge is 2.46. The number of benzene rings is 2. The van der Waals surface area contributed by atoms with Gasteiger partial charge in [0, 0.05) is 47.7 Å². The third-order valence-corrected chi connectivity index (χ3v) is 12.2. The van der Waals surface area contributed by atoms with Crippen molar-refractivity contribution in [3.05, 3.63) is 70.3 Å². The Bertz CT molecular complexity index is 1540. The Morgan fingerprint density at radius 2 is 2.02 bits per heavy atom. The average Bonchev–Trinajstić information content (AvgIpc) is 3.07. The van der Waals surface area contributed by atoms with E-state index < -0.39 is 15.1 Å². The van der Waals surface area contributed by atoms with Gasteiger partial charge in [-0.1, -0.05) is 29.8 Å². The van der Waals surface area contributed by atoms with E-state index in [1.807, 2.05) is 18.2 Å². The number of nitrogens with zero attached hydrogens (tertiary/aromatic N) is 1. The molecular formula is C34H40ClNO5S. The predicted octanol–water partition coefficient (Wildman–Crippen LogP) is 5.22. The molecule has 2 aromatic rings. The number of carbonyl (C=O) groups is 1. The number of ketones is 1. The van der Waals surface area contributed by atoms with Crippen molar-refractivity contribution < 1.29 is 23.6 Å². The molecule has 0 aromatic heterocycles. The number of rotatable bonds is 0. The van der Waals surface area contributed by atoms with Crippen LogP contribution in [0.3, 0.4) is 0 Å². The molecule has 1 N–H and O–H groups in total. The predicted molar refractivity (Wildman–Crippen MR) is 169 cm³/mol. The number of ether oxygens (including phenoxy) is 2. The smallest absolute Gasteiger partial charge is 0.174 e. The molecular weight excluding hydrogens is 570 g/mol. The van der Waals surface area contributed by atoms with Gasteiger partial charge in [-0.3, -0.25) is 9.00 Å². The summed E-state index contributed by atoms with van der Waals surface area (Å²) in [6.07, 6.45) is 9.83. The number of fused-ring (bicyclic) bond motifs is 7. The van der Waals surface area contributed by atoms with E-state index in [-0.39, 0.29) is 28.8 Å². The Balaban J connectivity index is 1.30. The van der Waals surface area contributed by atoms with Crippen LogP contribution in [0.4, 0.5) is 5.69 Å². The highest BCUT2D eigenvalue weighted by atomic mass is 35.5. The molecule has 6 nitrogen and oxygen atoms in total. The van der Waals surface area contributed by atoms with Crippen molar-refractivity contribution in [2.45, 2.75) is 62.1 Å². The summed E-state index contributed by atoms with van der Waals surface area (Å²) in [5.74, 6) is 5.30. The summed E-state index contributed by atoms with van der Waals surface area (Å²) >= 11 is 6.42. The van der Waals surface area contributed by atoms with Gasteiger partial charge in [-0.25, -0.2) is 0 Å². The van der Waals surface area contributed by atoms with Crippen LogP contribution in [-0.4, -0.2) is 70.5 Å². The van der Waals surface area contributed by atoms with Gasteiger partial charge >= 0.3 is 0 Å². The maximum atomic E-state index is 13.5. The van der Waals surface area contributed by atoms with Crippen LogP contribution in [-0.2, 0) is 26.1 Å². The molecule has 0 radical (unpaired) electrons. The third kappa shape index (κ3) is 5.31. The Morgan fingerprint density at radius 3 is 2.86 bits per heavy atom. The number of anilines is 1. The second-order valence-electron chi connectivity index (χ2n) is 13.4. The van der Waals surface area contributed by atoms with Gasteiger partial charge in [0.25, 0.3) is 0 Å². The van der Waals surface area contributed by atoms with Gasteiger partial charge in [0.15, 0.2) is 5.78 Å². The standard InChI is InChI=1S/C34H40ClNO5S/c1-42(39)15-3-12-34(38)13-14-40-32(18-34)27-8-5-25(27)19-36-21-33(11-2-4-23-16-26(35)7-9-28(23)33)22-41-31-10-6-24(17-29(31)36)30(37)20-42/h3,6-7,9-10,12,16-17,25,27,32,38H,1-2,4-5,8,11,13-15,18-22H2/b12-3-/t25-,27+,32-,33-,34+,42?/m0/s1. The third-order valence-electron chi connectivity index (χ3n) is 10.4. The summed E-state index contributed by atoms with van der Waals surface area (Å²) in [6, 6.07) is 11.9. The van der Waals surface area contributed by atoms with Crippen LogP contribution >= 0.6 is 11.6 Å². The molecule has 5 aliphatic rings. The Hall–Kier alpha value is -2.32. The van der Waals surface area contributed by atoms with Crippen molar-refractivity contribution in [1.82, 2.24) is 0 Å². The molecule has 4 bridgehead atoms. The zero-order valence-electron chi connectivity index (χ0n) is 24.1. The summed E-state index contributed by atoms with van der Waals surface area (Å²) in [5.41, 5.74) is 2.87. The molecule has 1 unspecified atom stereocenters. The SMILES string of the molecule is C=S1(=O)C/C=C\[C@@]2(O)CCO[C@@H](C2)[C@@H]2CC[C@H]2CN2C[C@@]3(CCCc4cc(Cl)ccc43)COc3ccc(cc32)C(=O)C1. The number of aliphatic hydroxyl groups is 1. The molecule has 3 heterocycles. The van der Waals surface area contributed by atoms with E-state index in [1.54, 1.807) is 18.2 Å². The normalized spacial score (nSPS) is 37.0. The highest BCUT2D eigenvalue weighted by molar-refractivity contribution is 8.01. The Morgan fingerprint density at radius 1 is 1.14 bits per heavy atom. The first-order chi connectivity index (χ1) is 20.1. The number of hydrogen-bond donors (Lipinski definition) is 1. The molecule has 0 amide bonds. The van der Waals surface area contributed by atoms with Crippen molar-refractivity contribution in [2.75, 3.05) is 42.7 Å². The summed E-state index contributed by atoms with van der Waals surface area (Å²) in [5, 5.41) is 12.2. The van der Waals surface area contributed by atoms with Crippen molar-refractivity contribution in [1.29, 1.82) is 0 Å². The highest BCUT2D eigenvalue weighted by Crippen LogP contribution is 2.48. The summed E-state index contributed by atoms with van der Waals surface area (Å²) in [7, 11) is -2.71. The van der Waals surface area contributed by atoms with E-state index in [0.29, 0.717) is 43.5 Å². The fraction of sp³-hybridized carbons (Fsp3) is 0.529. The lowest BCUT2D eigenvalue weighted by atomic mass is 9.66. The molecule has 224 valence electrons. The number of carbonyl (C=O) groups excluding carboxylic acids is 1. The minimum Gasteiger partial charge on any atom is -0.490 e. The number of halogens is 1. The molecule has 7 rings (SSSR count). The largest absolute Gasteiger partial charge is 0.490 e. The van der Waals surface area contributed by atoms with Crippen LogP contribution in [0.15, 0.2) is 48.6 Å². The lowest BCUT2D eigenvalue weighted by Crippen LogP contribution is -2.52. The minimum atomic E-state index is -2.71. The van der Waals surface area contributed by atoms with Crippen LogP contribution in [0.5, 0.6) is 5.75 Å². The maximum absolute atomic E-state index is 13.5. The summed E-state index contributed by atoms with van der Waals surface area (Å²) in [6.45, 7) is 2.66. The summed E-state index contributed by atoms with van der Waals surface area (Å²) in [4.78, 5) is 15.9. The fourth-order valence-corrected chi connectivity index (χ4v) is 9.43. The minimum absolute atomic E-state index is 0.0220. The van der Waals surface area contributed by atoms with Crippen LogP contribution in [0.25, 0.3) is 0 Å². The van der Waals surface area contributed by atoms with Gasteiger partial charge in [0.05, 0.1) is 36.4 Å². The fourth-order valence-electron chi connectivity index (χ4n) is 8.03. The van der Waals surface area contributed by atoms with Gasteiger partial charge < -0.3 is 19.5 Å². The molecule has 1 saturated carbocycles. The van der Waals surface area contributed by atoms with Crippen LogP contribution in [0.2, 0.25) is 5.02 Å². The van der Waals surface area contributed by atoms with Crippen LogP contribution in [0, 0.1) is 11.8 Å². The second kappa shape index (κ2) is 10.7. The monoisotopic (exact) mass is 609 g/mol. The van der Waals surface area contributed by atoms with Gasteiger partial charge in [-0.05, 0) is 101 Å².